The lowest BCUT2D eigenvalue weighted by molar-refractivity contribution is -0.123. The molecule has 0 spiro atoms. The van der Waals surface area contributed by atoms with Crippen molar-refractivity contribution < 1.29 is 4.79 Å². The van der Waals surface area contributed by atoms with Gasteiger partial charge in [0.2, 0.25) is 0 Å². The molecule has 2 rings (SSSR count). The Morgan fingerprint density at radius 1 is 1.25 bits per heavy atom. The lowest BCUT2D eigenvalue weighted by atomic mass is 9.79. The highest BCUT2D eigenvalue weighted by Gasteiger charge is 2.30. The van der Waals surface area contributed by atoms with E-state index in [9.17, 15) is 4.79 Å². The van der Waals surface area contributed by atoms with Crippen molar-refractivity contribution in [3.63, 3.8) is 0 Å². The molecule has 1 nitrogen and oxygen atoms in total. The molecule has 1 heteroatoms. The smallest absolute Gasteiger partial charge is 0.142 e. The Bertz CT molecular complexity index is 360. The van der Waals surface area contributed by atoms with Crippen molar-refractivity contribution in [3.8, 4) is 0 Å². The molecule has 1 aromatic rings. The number of Topliss-reactive ketones (excluding diaryl/α,β-unsaturated/α-hetero) is 1. The van der Waals surface area contributed by atoms with Gasteiger partial charge < -0.3 is 0 Å². The summed E-state index contributed by atoms with van der Waals surface area (Å²) in [5, 5.41) is 0. The van der Waals surface area contributed by atoms with Crippen LogP contribution in [-0.4, -0.2) is 5.78 Å². The maximum Gasteiger partial charge on any atom is 0.142 e. The van der Waals surface area contributed by atoms with Crippen molar-refractivity contribution in [1.29, 1.82) is 0 Å². The molecule has 0 heterocycles. The molecule has 1 aliphatic rings. The van der Waals surface area contributed by atoms with Gasteiger partial charge in [-0.2, -0.15) is 0 Å². The zero-order valence-corrected chi connectivity index (χ0v) is 10.2. The number of ketones is 1. The molecule has 0 aliphatic heterocycles. The molecule has 1 fully saturated rings. The summed E-state index contributed by atoms with van der Waals surface area (Å²) < 4.78 is 0. The van der Waals surface area contributed by atoms with E-state index in [1.807, 2.05) is 32.0 Å². The maximum absolute atomic E-state index is 12.2. The first kappa shape index (κ1) is 11.4. The minimum Gasteiger partial charge on any atom is -0.299 e. The lowest BCUT2D eigenvalue weighted by Crippen LogP contribution is -2.28. The number of carbonyl (C=O) groups is 1. The third kappa shape index (κ3) is 2.52. The van der Waals surface area contributed by atoms with Gasteiger partial charge in [0.15, 0.2) is 0 Å². The molecule has 1 saturated carbocycles. The van der Waals surface area contributed by atoms with E-state index in [1.165, 1.54) is 12.8 Å². The summed E-state index contributed by atoms with van der Waals surface area (Å²) in [4.78, 5) is 12.2. The number of hydrogen-bond acceptors (Lipinski definition) is 1. The fourth-order valence-corrected chi connectivity index (χ4v) is 2.07. The van der Waals surface area contributed by atoms with E-state index in [1.54, 1.807) is 0 Å². The van der Waals surface area contributed by atoms with Crippen LogP contribution in [0.2, 0.25) is 0 Å². The van der Waals surface area contributed by atoms with Crippen LogP contribution in [0.25, 0.3) is 0 Å². The molecule has 0 N–H and O–H groups in total. The predicted molar refractivity (Wildman–Crippen MR) is 66.4 cm³/mol. The van der Waals surface area contributed by atoms with E-state index in [2.05, 4.69) is 12.1 Å². The van der Waals surface area contributed by atoms with Gasteiger partial charge in [-0.25, -0.2) is 0 Å². The third-order valence-electron chi connectivity index (χ3n) is 3.67. The summed E-state index contributed by atoms with van der Waals surface area (Å²) in [5.41, 5.74) is 0.812. The first-order valence-corrected chi connectivity index (χ1v) is 6.19. The van der Waals surface area contributed by atoms with Gasteiger partial charge in [-0.3, -0.25) is 4.79 Å². The first-order chi connectivity index (χ1) is 7.60. The van der Waals surface area contributed by atoms with E-state index in [0.29, 0.717) is 5.78 Å². The largest absolute Gasteiger partial charge is 0.299 e. The molecule has 1 aliphatic carbocycles. The Kier molecular flexibility index (Phi) is 3.13. The van der Waals surface area contributed by atoms with E-state index >= 15 is 0 Å². The molecule has 0 atom stereocenters. The predicted octanol–water partition coefficient (Wildman–Crippen LogP) is 3.72. The number of benzene rings is 1. The molecule has 0 saturated heterocycles. The van der Waals surface area contributed by atoms with Crippen LogP contribution in [0.15, 0.2) is 30.3 Å². The molecule has 0 radical (unpaired) electrons. The molecule has 0 aromatic heterocycles. The van der Waals surface area contributed by atoms with Crippen LogP contribution in [0.5, 0.6) is 0 Å². The van der Waals surface area contributed by atoms with Crippen molar-refractivity contribution in [3.05, 3.63) is 35.9 Å². The normalized spacial score (nSPS) is 16.1. The van der Waals surface area contributed by atoms with Crippen LogP contribution in [0.4, 0.5) is 0 Å². The molecule has 1 aromatic carbocycles. The summed E-state index contributed by atoms with van der Waals surface area (Å²) in [7, 11) is 0. The zero-order chi connectivity index (χ0) is 11.6. The molecular weight excluding hydrogens is 196 g/mol. The van der Waals surface area contributed by atoms with Crippen molar-refractivity contribution in [1.82, 2.24) is 0 Å². The highest BCUT2D eigenvalue weighted by molar-refractivity contribution is 5.89. The van der Waals surface area contributed by atoms with Gasteiger partial charge in [-0.15, -0.1) is 0 Å². The summed E-state index contributed by atoms with van der Waals surface area (Å²) in [5.74, 6) is 1.22. The Balaban J connectivity index is 2.02. The lowest BCUT2D eigenvalue weighted by Gasteiger charge is -2.23. The highest BCUT2D eigenvalue weighted by atomic mass is 16.1. The maximum atomic E-state index is 12.2. The topological polar surface area (TPSA) is 17.1 Å². The molecular formula is C15H20O. The van der Waals surface area contributed by atoms with E-state index in [-0.39, 0.29) is 5.41 Å². The van der Waals surface area contributed by atoms with E-state index < -0.39 is 0 Å². The Labute approximate surface area is 97.9 Å². The van der Waals surface area contributed by atoms with E-state index in [0.717, 1.165) is 24.3 Å². The summed E-state index contributed by atoms with van der Waals surface area (Å²) in [6, 6.07) is 10.1. The van der Waals surface area contributed by atoms with Gasteiger partial charge in [0.25, 0.3) is 0 Å². The number of hydrogen-bond donors (Lipinski definition) is 0. The van der Waals surface area contributed by atoms with Crippen LogP contribution < -0.4 is 0 Å². The standard InChI is InChI=1S/C15H20O/c1-15(2,13-6-4-3-5-7-13)14(16)11-10-12-8-9-12/h3-7,12H,8-11H2,1-2H3. The molecule has 0 amide bonds. The van der Waals surface area contributed by atoms with Crippen molar-refractivity contribution in [2.75, 3.05) is 0 Å². The highest BCUT2D eigenvalue weighted by Crippen LogP contribution is 2.35. The van der Waals surface area contributed by atoms with Gasteiger partial charge in [-0.1, -0.05) is 43.2 Å². The number of rotatable bonds is 5. The second kappa shape index (κ2) is 4.40. The Hall–Kier alpha value is -1.11. The molecule has 86 valence electrons. The van der Waals surface area contributed by atoms with Gasteiger partial charge in [0.1, 0.15) is 5.78 Å². The monoisotopic (exact) mass is 216 g/mol. The van der Waals surface area contributed by atoms with Gasteiger partial charge in [0.05, 0.1) is 0 Å². The van der Waals surface area contributed by atoms with Gasteiger partial charge >= 0.3 is 0 Å². The van der Waals surface area contributed by atoms with Crippen molar-refractivity contribution in [2.24, 2.45) is 5.92 Å². The fraction of sp³-hybridized carbons (Fsp3) is 0.533. The van der Waals surface area contributed by atoms with Crippen LogP contribution in [0.3, 0.4) is 0 Å². The van der Waals surface area contributed by atoms with Gasteiger partial charge in [0, 0.05) is 11.8 Å². The fourth-order valence-electron chi connectivity index (χ4n) is 2.07. The molecule has 0 bridgehead atoms. The van der Waals surface area contributed by atoms with Crippen LogP contribution in [0.1, 0.15) is 45.1 Å². The third-order valence-corrected chi connectivity index (χ3v) is 3.67. The SMILES string of the molecule is CC(C)(C(=O)CCC1CC1)c1ccccc1. The minimum atomic E-state index is -0.323. The summed E-state index contributed by atoms with van der Waals surface area (Å²) in [6.45, 7) is 4.08. The minimum absolute atomic E-state index is 0.323. The van der Waals surface area contributed by atoms with Crippen LogP contribution >= 0.6 is 0 Å². The number of carbonyl (C=O) groups excluding carboxylic acids is 1. The average Bonchev–Trinajstić information content (AvgIpc) is 3.11. The second-order valence-corrected chi connectivity index (χ2v) is 5.40. The Morgan fingerprint density at radius 2 is 1.88 bits per heavy atom. The van der Waals surface area contributed by atoms with Gasteiger partial charge in [-0.05, 0) is 31.7 Å². The summed E-state index contributed by atoms with van der Waals surface area (Å²) in [6.07, 6.45) is 4.50. The van der Waals surface area contributed by atoms with Crippen LogP contribution in [0, 0.1) is 5.92 Å². The first-order valence-electron chi connectivity index (χ1n) is 6.19. The average molecular weight is 216 g/mol. The second-order valence-electron chi connectivity index (χ2n) is 5.40. The molecule has 0 unspecified atom stereocenters. The zero-order valence-electron chi connectivity index (χ0n) is 10.2. The van der Waals surface area contributed by atoms with E-state index in [4.69, 9.17) is 0 Å². The van der Waals surface area contributed by atoms with Crippen molar-refractivity contribution in [2.45, 2.75) is 44.9 Å². The van der Waals surface area contributed by atoms with Crippen LogP contribution in [-0.2, 0) is 10.2 Å². The quantitative estimate of drug-likeness (QED) is 0.733. The molecule has 16 heavy (non-hydrogen) atoms. The van der Waals surface area contributed by atoms with Crippen molar-refractivity contribution >= 4 is 5.78 Å². The Morgan fingerprint density at radius 3 is 2.44 bits per heavy atom. The summed E-state index contributed by atoms with van der Waals surface area (Å²) >= 11 is 0.